The van der Waals surface area contributed by atoms with Crippen LogP contribution in [-0.2, 0) is 110 Å². The number of amides is 14. The minimum absolute atomic E-state index is 0.0401. The molecule has 0 unspecified atom stereocenters. The highest BCUT2D eigenvalue weighted by atomic mass is 32.2. The van der Waals surface area contributed by atoms with E-state index in [1.807, 2.05) is 19.1 Å². The van der Waals surface area contributed by atoms with Crippen molar-refractivity contribution in [1.29, 1.82) is 0 Å². The lowest BCUT2D eigenvalue weighted by molar-refractivity contribution is -0.151. The maximum absolute atomic E-state index is 15.6. The minimum Gasteiger partial charge on any atom is -0.508 e. The van der Waals surface area contributed by atoms with Crippen molar-refractivity contribution in [3.05, 3.63) is 197 Å². The van der Waals surface area contributed by atoms with Gasteiger partial charge in [-0.1, -0.05) is 163 Å². The Balaban J connectivity index is 1.21. The first-order valence-electron chi connectivity index (χ1n) is 43.2. The predicted molar refractivity (Wildman–Crippen MR) is 488 cm³/mol. The van der Waals surface area contributed by atoms with Crippen molar-refractivity contribution in [1.82, 2.24) is 77.3 Å². The number of phenolic OH excluding ortho intramolecular Hbond substituents is 2. The van der Waals surface area contributed by atoms with Crippen molar-refractivity contribution in [2.24, 2.45) is 17.6 Å². The number of thioether (sulfide) groups is 1. The number of H-pyrrole nitrogens is 1. The summed E-state index contributed by atoms with van der Waals surface area (Å²) in [5.74, 6) is -15.2. The third kappa shape index (κ3) is 31.0. The maximum Gasteiger partial charge on any atom is 0.305 e. The van der Waals surface area contributed by atoms with Crippen molar-refractivity contribution < 1.29 is 92.0 Å². The number of aromatic amines is 1. The van der Waals surface area contributed by atoms with E-state index in [0.29, 0.717) is 57.3 Å². The topological polar surface area (TPSA) is 492 Å². The molecule has 36 heteroatoms. The molecule has 1 aromatic heterocycles. The molecule has 2 heterocycles. The Morgan fingerprint density at radius 3 is 1.62 bits per heavy atom. The van der Waals surface area contributed by atoms with Gasteiger partial charge < -0.3 is 103 Å². The fourth-order valence-electron chi connectivity index (χ4n) is 15.2. The van der Waals surface area contributed by atoms with Gasteiger partial charge in [-0.15, -0.1) is 11.8 Å². The third-order valence-electron chi connectivity index (χ3n) is 22.5. The average Bonchev–Trinajstić information content (AvgIpc) is 1.19. The van der Waals surface area contributed by atoms with Crippen LogP contribution in [0.3, 0.4) is 0 Å². The van der Waals surface area contributed by atoms with Crippen molar-refractivity contribution in [3.8, 4) is 17.2 Å². The van der Waals surface area contributed by atoms with Crippen LogP contribution in [0.5, 0.6) is 17.2 Å². The summed E-state index contributed by atoms with van der Waals surface area (Å²) in [5.41, 5.74) is 9.50. The molecule has 35 nitrogen and oxygen atoms in total. The van der Waals surface area contributed by atoms with E-state index in [1.54, 1.807) is 143 Å². The van der Waals surface area contributed by atoms with Gasteiger partial charge in [-0.3, -0.25) is 71.9 Å². The van der Waals surface area contributed by atoms with E-state index < -0.39 is 193 Å². The van der Waals surface area contributed by atoms with Crippen molar-refractivity contribution in [2.45, 2.75) is 172 Å². The number of phenols is 2. The summed E-state index contributed by atoms with van der Waals surface area (Å²) < 4.78 is 5.52. The number of nitrogens with two attached hydrogens (primary N) is 1. The van der Waals surface area contributed by atoms with E-state index in [1.165, 1.54) is 93.4 Å². The molecule has 6 aromatic carbocycles. The van der Waals surface area contributed by atoms with Crippen LogP contribution in [0.15, 0.2) is 164 Å². The fourth-order valence-corrected chi connectivity index (χ4v) is 16.1. The molecule has 14 amide bonds. The number of ether oxygens (including phenoxy) is 1. The molecule has 0 radical (unpaired) electrons. The van der Waals surface area contributed by atoms with Crippen LogP contribution in [0, 0.1) is 11.8 Å². The monoisotopic (exact) mass is 1810 g/mol. The number of carboxylic acids is 1. The lowest BCUT2D eigenvalue weighted by atomic mass is 9.98. The van der Waals surface area contributed by atoms with Gasteiger partial charge in [0, 0.05) is 96.4 Å². The molecule has 8 rings (SSSR count). The zero-order chi connectivity index (χ0) is 95.0. The summed E-state index contributed by atoms with van der Waals surface area (Å²) in [5, 5.41) is 56.5. The Morgan fingerprint density at radius 2 is 1.03 bits per heavy atom. The number of fused-ring (bicyclic) bond motifs is 1. The number of likely N-dealkylation sites (N-methyl/N-ethyl adjacent to an activating group) is 5. The summed E-state index contributed by atoms with van der Waals surface area (Å²) in [6.07, 6.45) is 0.799. The zero-order valence-corrected chi connectivity index (χ0v) is 76.0. The Hall–Kier alpha value is -13.4. The number of carbonyl (C=O) groups excluding carboxylic acids is 14. The number of nitrogens with one attached hydrogen (secondary N) is 10. The van der Waals surface area contributed by atoms with Gasteiger partial charge >= 0.3 is 5.97 Å². The predicted octanol–water partition coefficient (Wildman–Crippen LogP) is 2.81. The molecule has 1 aliphatic rings. The number of aromatic hydroxyl groups is 2. The number of carbonyl (C=O) groups is 15. The van der Waals surface area contributed by atoms with Gasteiger partial charge in [0.25, 0.3) is 0 Å². The third-order valence-corrected chi connectivity index (χ3v) is 23.5. The molecule has 698 valence electrons. The number of carboxylic acid groups (broad SMARTS) is 1. The van der Waals surface area contributed by atoms with Crippen LogP contribution in [0.25, 0.3) is 10.9 Å². The van der Waals surface area contributed by atoms with Gasteiger partial charge in [0.05, 0.1) is 45.0 Å². The highest BCUT2D eigenvalue weighted by molar-refractivity contribution is 8.00. The molecule has 0 spiro atoms. The van der Waals surface area contributed by atoms with E-state index in [0.717, 1.165) is 27.1 Å². The van der Waals surface area contributed by atoms with Gasteiger partial charge in [0.15, 0.2) is 0 Å². The molecule has 0 saturated carbocycles. The van der Waals surface area contributed by atoms with Crippen LogP contribution in [0.1, 0.15) is 100 Å². The lowest BCUT2D eigenvalue weighted by Gasteiger charge is -2.37. The van der Waals surface area contributed by atoms with E-state index in [2.05, 4.69) is 52.8 Å². The first kappa shape index (κ1) is 102. The minimum atomic E-state index is -1.84. The molecule has 130 heavy (non-hydrogen) atoms. The van der Waals surface area contributed by atoms with Crippen molar-refractivity contribution in [3.63, 3.8) is 0 Å². The second-order valence-electron chi connectivity index (χ2n) is 33.5. The Kier molecular flexibility index (Phi) is 39.1. The number of rotatable bonds is 24. The van der Waals surface area contributed by atoms with Crippen molar-refractivity contribution >= 4 is 111 Å². The van der Waals surface area contributed by atoms with E-state index >= 15 is 38.4 Å². The summed E-state index contributed by atoms with van der Waals surface area (Å²) in [7, 11) is 8.32. The van der Waals surface area contributed by atoms with Crippen LogP contribution >= 0.6 is 11.8 Å². The molecule has 1 saturated heterocycles. The largest absolute Gasteiger partial charge is 0.508 e. The number of hydrogen-bond donors (Lipinski definition) is 14. The fraction of sp³-hybridized carbons (Fsp3) is 0.436. The number of benzene rings is 6. The SMILES string of the molecule is CCCC[C@H]1C(=O)N(C)CC(=O)N[C@@H](CC(=O)O)C(=O)N[C@@H](C(C)C)C(=O)N(C)[C@@H](Cc2ccccc2)CN[C@@H](Cc2ccc(O)cc2)C(=O)N(C)CC(=O)N[C@@H](Cc2c[nH]c3ccccc23)C(=O)N[C@@H](Cc2ccc(O)cc2)C(=O)N[C@@H](CC(C)C)C(=O)N[C@H](C(=O)NCC(N)=O)CSCC(=O)N[C@@H](Cc2cccc(OC)c2)C(=O)N(C)[C@@H](Cc2ccccc2)C(=O)N1C. The van der Waals surface area contributed by atoms with Gasteiger partial charge in [0.2, 0.25) is 82.7 Å². The van der Waals surface area contributed by atoms with Crippen LogP contribution < -0.4 is 58.3 Å². The molecule has 15 N–H and O–H groups in total. The van der Waals surface area contributed by atoms with Gasteiger partial charge in [-0.05, 0) is 113 Å². The van der Waals surface area contributed by atoms with E-state index in [4.69, 9.17) is 10.5 Å². The van der Waals surface area contributed by atoms with Gasteiger partial charge in [-0.2, -0.15) is 0 Å². The number of para-hydroxylation sites is 1. The molecule has 1 fully saturated rings. The highest BCUT2D eigenvalue weighted by Crippen LogP contribution is 2.25. The van der Waals surface area contributed by atoms with Crippen molar-refractivity contribution in [2.75, 3.05) is 80.0 Å². The Bertz CT molecular complexity index is 5060. The lowest BCUT2D eigenvalue weighted by Crippen LogP contribution is -2.60. The summed E-state index contributed by atoms with van der Waals surface area (Å²) >= 11 is 0.827. The van der Waals surface area contributed by atoms with Gasteiger partial charge in [-0.25, -0.2) is 0 Å². The molecule has 7 aromatic rings. The van der Waals surface area contributed by atoms with Crippen LogP contribution in [-0.4, -0.2) is 280 Å². The highest BCUT2D eigenvalue weighted by Gasteiger charge is 2.42. The molecular weight excluding hydrogens is 1690 g/mol. The quantitative estimate of drug-likeness (QED) is 0.0413. The summed E-state index contributed by atoms with van der Waals surface area (Å²) in [6, 6.07) is 27.7. The molecule has 1 aliphatic heterocycles. The summed E-state index contributed by atoms with van der Waals surface area (Å²) in [4.78, 5) is 229. The normalized spacial score (nSPS) is 21.9. The van der Waals surface area contributed by atoms with Crippen LogP contribution in [0.4, 0.5) is 0 Å². The first-order valence-corrected chi connectivity index (χ1v) is 44.4. The van der Waals surface area contributed by atoms with E-state index in [-0.39, 0.29) is 81.1 Å². The Labute approximate surface area is 760 Å². The second-order valence-corrected chi connectivity index (χ2v) is 34.5. The number of hydrogen-bond acceptors (Lipinski definition) is 20. The molecule has 11 atom stereocenters. The second kappa shape index (κ2) is 49.8. The van der Waals surface area contributed by atoms with Gasteiger partial charge in [0.1, 0.15) is 71.6 Å². The Morgan fingerprint density at radius 1 is 0.515 bits per heavy atom. The molecular formula is C94H122N16O19S. The number of unbranched alkanes of at least 4 members (excludes halogenated alkanes) is 1. The smallest absolute Gasteiger partial charge is 0.305 e. The number of nitrogens with zero attached hydrogens (tertiary/aromatic N) is 5. The number of aliphatic carboxylic acids is 1. The number of primary amides is 1. The molecule has 0 aliphatic carbocycles. The zero-order valence-electron chi connectivity index (χ0n) is 75.2. The number of aromatic nitrogens is 1. The standard InChI is InChI=1S/C94H122N16O19S/c1-12-13-31-77-92(126)107(7)53-81(115)100-73(48-83(117)118)89(123)105-84(57(4)5)94(128)108(8)64(41-58-23-16-14-17-24-58)50-97-74(44-61-34-38-66(112)39-35-61)90(124)106(6)52-80(114)99-72(47-63-49-96-69-30-21-20-29-68(63)69)88(122)103-71(43-60-32-36-65(111)37-33-60)87(121)102-70(40-56(2)3)86(120)104-76(85(119)98-51-79(95)113)54-130-55-82(116)101-75(45-62-27-22-28-67(42-62)129-11)91(125)110(10)78(93(127)109(77)9)46-59-25-18-15-19-26-59/h14-30,32-39,42,49,56-57,64,70-78,84,96-97,111-112H,12-13,31,40-41,43-48,50-55H2,1-11H3,(H2,95,113)(H,98,119)(H,99,114)(H,100,115)(H,101,116)(H,102,121)(H,103,122)(H,104,120)(H,105,123)(H,117,118)/t64-,70-,71-,72-,73-,74-,75-,76-,77-,78-,84-/m0/s1. The molecule has 0 bridgehead atoms. The van der Waals surface area contributed by atoms with E-state index in [9.17, 15) is 48.9 Å². The average molecular weight is 1810 g/mol. The maximum atomic E-state index is 15.6. The van der Waals surface area contributed by atoms with Crippen LogP contribution in [0.2, 0.25) is 0 Å². The first-order chi connectivity index (χ1) is 61.9. The number of methoxy groups -OCH3 is 1. The summed E-state index contributed by atoms with van der Waals surface area (Å²) in [6.45, 7) is 6.37.